The number of nitrogens with zero attached hydrogens (tertiary/aromatic N) is 2. The van der Waals surface area contributed by atoms with Crippen LogP contribution < -0.4 is 14.8 Å². The highest BCUT2D eigenvalue weighted by Crippen LogP contribution is 2.24. The fourth-order valence-electron chi connectivity index (χ4n) is 2.86. The minimum Gasteiger partial charge on any atom is -0.475 e. The van der Waals surface area contributed by atoms with Gasteiger partial charge < -0.3 is 14.8 Å². The number of pyridine rings is 1. The SMILES string of the molecule is COCCOc1ccc(NC(=O)[C@@H](N=C2NS(=O)(=O)c3ccccc32)C(C)C)cn1. The molecule has 0 radical (unpaired) electrons. The van der Waals surface area contributed by atoms with E-state index in [0.717, 1.165) is 0 Å². The molecular weight excluding hydrogens is 408 g/mol. The molecule has 2 heterocycles. The van der Waals surface area contributed by atoms with Crippen LogP contribution in [0.4, 0.5) is 5.69 Å². The summed E-state index contributed by atoms with van der Waals surface area (Å²) in [5, 5.41) is 2.77. The molecule has 0 aliphatic carbocycles. The molecule has 0 bridgehead atoms. The first-order valence-electron chi connectivity index (χ1n) is 9.40. The monoisotopic (exact) mass is 432 g/mol. The van der Waals surface area contributed by atoms with Gasteiger partial charge in [0.05, 0.1) is 23.4 Å². The lowest BCUT2D eigenvalue weighted by Gasteiger charge is -2.17. The number of anilines is 1. The van der Waals surface area contributed by atoms with Gasteiger partial charge >= 0.3 is 0 Å². The number of carbonyl (C=O) groups excluding carboxylic acids is 1. The smallest absolute Gasteiger partial charge is 0.263 e. The zero-order chi connectivity index (χ0) is 21.7. The summed E-state index contributed by atoms with van der Waals surface area (Å²) >= 11 is 0. The van der Waals surface area contributed by atoms with Crippen molar-refractivity contribution in [3.8, 4) is 5.88 Å². The van der Waals surface area contributed by atoms with Gasteiger partial charge in [0.1, 0.15) is 18.5 Å². The Kier molecular flexibility index (Phi) is 6.68. The first kappa shape index (κ1) is 21.7. The molecule has 1 aromatic heterocycles. The van der Waals surface area contributed by atoms with Gasteiger partial charge in [-0.2, -0.15) is 0 Å². The summed E-state index contributed by atoms with van der Waals surface area (Å²) in [6.07, 6.45) is 1.48. The van der Waals surface area contributed by atoms with Crippen molar-refractivity contribution < 1.29 is 22.7 Å². The summed E-state index contributed by atoms with van der Waals surface area (Å²) < 4.78 is 37.3. The minimum atomic E-state index is -3.67. The van der Waals surface area contributed by atoms with Crippen LogP contribution in [0.15, 0.2) is 52.5 Å². The molecule has 3 rings (SSSR count). The van der Waals surface area contributed by atoms with Gasteiger partial charge in [-0.15, -0.1) is 0 Å². The Labute approximate surface area is 175 Å². The molecule has 0 unspecified atom stereocenters. The van der Waals surface area contributed by atoms with Crippen molar-refractivity contribution in [2.45, 2.75) is 24.8 Å². The quantitative estimate of drug-likeness (QED) is 0.614. The number of nitrogens with one attached hydrogen (secondary N) is 2. The van der Waals surface area contributed by atoms with Crippen LogP contribution in [0.1, 0.15) is 19.4 Å². The molecule has 0 fully saturated rings. The van der Waals surface area contributed by atoms with Crippen LogP contribution in [-0.4, -0.2) is 51.5 Å². The number of hydrogen-bond acceptors (Lipinski definition) is 7. The van der Waals surface area contributed by atoms with E-state index in [1.54, 1.807) is 37.4 Å². The summed E-state index contributed by atoms with van der Waals surface area (Å²) in [6.45, 7) is 4.51. The van der Waals surface area contributed by atoms with Crippen molar-refractivity contribution in [1.82, 2.24) is 9.71 Å². The first-order chi connectivity index (χ1) is 14.3. The molecule has 9 nitrogen and oxygen atoms in total. The number of amides is 1. The van der Waals surface area contributed by atoms with Gasteiger partial charge in [-0.3, -0.25) is 14.5 Å². The first-order valence-corrected chi connectivity index (χ1v) is 10.9. The number of fused-ring (bicyclic) bond motifs is 1. The zero-order valence-corrected chi connectivity index (χ0v) is 17.8. The molecule has 1 aliphatic rings. The molecule has 10 heteroatoms. The molecule has 1 atom stereocenters. The van der Waals surface area contributed by atoms with E-state index < -0.39 is 16.1 Å². The van der Waals surface area contributed by atoms with Crippen LogP contribution in [-0.2, 0) is 19.6 Å². The number of rotatable bonds is 8. The van der Waals surface area contributed by atoms with Gasteiger partial charge in [-0.25, -0.2) is 13.4 Å². The average Bonchev–Trinajstić information content (AvgIpc) is 2.98. The van der Waals surface area contributed by atoms with Crippen LogP contribution in [0.25, 0.3) is 0 Å². The third kappa shape index (κ3) is 4.95. The van der Waals surface area contributed by atoms with E-state index in [9.17, 15) is 13.2 Å². The Balaban J connectivity index is 1.76. The molecule has 30 heavy (non-hydrogen) atoms. The van der Waals surface area contributed by atoms with Crippen molar-refractivity contribution in [1.29, 1.82) is 0 Å². The molecule has 0 saturated carbocycles. The van der Waals surface area contributed by atoms with Gasteiger partial charge in [0.2, 0.25) is 11.8 Å². The number of methoxy groups -OCH3 is 1. The number of amidine groups is 1. The van der Waals surface area contributed by atoms with Crippen LogP contribution >= 0.6 is 0 Å². The molecule has 0 saturated heterocycles. The van der Waals surface area contributed by atoms with E-state index in [1.807, 2.05) is 13.8 Å². The minimum absolute atomic E-state index is 0.153. The van der Waals surface area contributed by atoms with Crippen LogP contribution in [0.3, 0.4) is 0 Å². The largest absolute Gasteiger partial charge is 0.475 e. The lowest BCUT2D eigenvalue weighted by atomic mass is 10.0. The highest BCUT2D eigenvalue weighted by atomic mass is 32.2. The molecule has 0 spiro atoms. The molecule has 2 aromatic rings. The van der Waals surface area contributed by atoms with E-state index in [0.29, 0.717) is 30.3 Å². The Hall–Kier alpha value is -2.98. The van der Waals surface area contributed by atoms with Crippen LogP contribution in [0.5, 0.6) is 5.88 Å². The lowest BCUT2D eigenvalue weighted by Crippen LogP contribution is -2.34. The van der Waals surface area contributed by atoms with E-state index in [-0.39, 0.29) is 22.6 Å². The summed E-state index contributed by atoms with van der Waals surface area (Å²) in [6, 6.07) is 9.05. The van der Waals surface area contributed by atoms with Crippen LogP contribution in [0.2, 0.25) is 0 Å². The zero-order valence-electron chi connectivity index (χ0n) is 17.0. The second-order valence-corrected chi connectivity index (χ2v) is 8.63. The molecule has 1 aliphatic heterocycles. The van der Waals surface area contributed by atoms with E-state index >= 15 is 0 Å². The summed E-state index contributed by atoms with van der Waals surface area (Å²) in [5.74, 6) is 0.0532. The van der Waals surface area contributed by atoms with Crippen LogP contribution in [0, 0.1) is 5.92 Å². The molecule has 1 amide bonds. The maximum atomic E-state index is 12.8. The Morgan fingerprint density at radius 2 is 1.97 bits per heavy atom. The number of aliphatic imine (C=N–C) groups is 1. The van der Waals surface area contributed by atoms with Crippen molar-refractivity contribution >= 4 is 27.5 Å². The van der Waals surface area contributed by atoms with Crippen molar-refractivity contribution in [2.24, 2.45) is 10.9 Å². The number of sulfonamides is 1. The van der Waals surface area contributed by atoms with Gasteiger partial charge in [0.25, 0.3) is 10.0 Å². The van der Waals surface area contributed by atoms with Crippen molar-refractivity contribution in [2.75, 3.05) is 25.6 Å². The molecule has 160 valence electrons. The Morgan fingerprint density at radius 3 is 2.63 bits per heavy atom. The highest BCUT2D eigenvalue weighted by molar-refractivity contribution is 7.90. The number of carbonyl (C=O) groups is 1. The average molecular weight is 433 g/mol. The van der Waals surface area contributed by atoms with Gasteiger partial charge in [-0.05, 0) is 24.1 Å². The maximum absolute atomic E-state index is 12.8. The number of ether oxygens (including phenoxy) is 2. The van der Waals surface area contributed by atoms with E-state index in [2.05, 4.69) is 20.0 Å². The lowest BCUT2D eigenvalue weighted by molar-refractivity contribution is -0.118. The summed E-state index contributed by atoms with van der Waals surface area (Å²) in [4.78, 5) is 21.6. The Bertz CT molecular complexity index is 1040. The normalized spacial score (nSPS) is 16.7. The summed E-state index contributed by atoms with van der Waals surface area (Å²) in [7, 11) is -2.09. The second kappa shape index (κ2) is 9.23. The topological polar surface area (TPSA) is 119 Å². The van der Waals surface area contributed by atoms with Crippen molar-refractivity contribution in [3.63, 3.8) is 0 Å². The van der Waals surface area contributed by atoms with Gasteiger partial charge in [0, 0.05) is 18.7 Å². The maximum Gasteiger partial charge on any atom is 0.263 e. The highest BCUT2D eigenvalue weighted by Gasteiger charge is 2.32. The Morgan fingerprint density at radius 1 is 1.20 bits per heavy atom. The molecule has 2 N–H and O–H groups in total. The number of hydrogen-bond donors (Lipinski definition) is 2. The standard InChI is InChI=1S/C20H24N4O5S/c1-13(2)18(23-19-15-6-4-5-7-16(15)30(26,27)24-19)20(25)22-14-8-9-17(21-12-14)29-11-10-28-3/h4-9,12-13,18H,10-11H2,1-3H3,(H,22,25)(H,23,24)/t18-/m0/s1. The number of benzene rings is 1. The van der Waals surface area contributed by atoms with E-state index in [4.69, 9.17) is 9.47 Å². The van der Waals surface area contributed by atoms with Crippen molar-refractivity contribution in [3.05, 3.63) is 48.2 Å². The van der Waals surface area contributed by atoms with Gasteiger partial charge in [-0.1, -0.05) is 26.0 Å². The molecule has 1 aromatic carbocycles. The fraction of sp³-hybridized carbons (Fsp3) is 0.350. The third-order valence-corrected chi connectivity index (χ3v) is 5.77. The summed E-state index contributed by atoms with van der Waals surface area (Å²) in [5.41, 5.74) is 0.938. The predicted molar refractivity (Wildman–Crippen MR) is 112 cm³/mol. The van der Waals surface area contributed by atoms with Gasteiger partial charge in [0.15, 0.2) is 0 Å². The fourth-order valence-corrected chi connectivity index (χ4v) is 4.10. The molecular formula is C20H24N4O5S. The predicted octanol–water partition coefficient (Wildman–Crippen LogP) is 1.81. The number of aromatic nitrogens is 1. The van der Waals surface area contributed by atoms with E-state index in [1.165, 1.54) is 12.3 Å². The second-order valence-electron chi connectivity index (χ2n) is 6.98. The third-order valence-electron chi connectivity index (χ3n) is 4.37.